The molecule has 2 heteroatoms. The number of hydrogen-bond donors (Lipinski definition) is 1. The molecule has 2 N–H and O–H groups in total. The van der Waals surface area contributed by atoms with E-state index in [1.807, 2.05) is 13.0 Å². The third-order valence-corrected chi connectivity index (χ3v) is 3.17. The van der Waals surface area contributed by atoms with Crippen LogP contribution in [0.25, 0.3) is 0 Å². The Labute approximate surface area is 85.5 Å². The van der Waals surface area contributed by atoms with Gasteiger partial charge in [-0.3, -0.25) is 0 Å². The first-order valence-electron chi connectivity index (χ1n) is 5.52. The lowest BCUT2D eigenvalue weighted by atomic mass is 9.80. The number of furan rings is 1. The molecule has 2 rings (SSSR count). The van der Waals surface area contributed by atoms with Crippen molar-refractivity contribution in [1.82, 2.24) is 0 Å². The Morgan fingerprint density at radius 2 is 2.00 bits per heavy atom. The Morgan fingerprint density at radius 1 is 1.29 bits per heavy atom. The molecule has 0 radical (unpaired) electrons. The van der Waals surface area contributed by atoms with Crippen molar-refractivity contribution in [2.75, 3.05) is 0 Å². The van der Waals surface area contributed by atoms with Gasteiger partial charge in [0.1, 0.15) is 11.5 Å². The third kappa shape index (κ3) is 2.18. The standard InChI is InChI=1S/C12H19NO/c1-10-5-6-11(14-10)9-12(13)7-3-2-4-8-12/h5-6H,2-4,7-9,13H2,1H3. The molecule has 1 heterocycles. The first-order chi connectivity index (χ1) is 6.68. The minimum Gasteiger partial charge on any atom is -0.466 e. The SMILES string of the molecule is Cc1ccc(CC2(N)CCCCC2)o1. The summed E-state index contributed by atoms with van der Waals surface area (Å²) in [5.41, 5.74) is 6.34. The summed E-state index contributed by atoms with van der Waals surface area (Å²) in [7, 11) is 0. The Kier molecular flexibility index (Phi) is 2.64. The first kappa shape index (κ1) is 9.78. The summed E-state index contributed by atoms with van der Waals surface area (Å²) in [6.45, 7) is 1.98. The fourth-order valence-corrected chi connectivity index (χ4v) is 2.36. The zero-order valence-corrected chi connectivity index (χ0v) is 8.88. The molecule has 0 aromatic carbocycles. The number of hydrogen-bond acceptors (Lipinski definition) is 2. The van der Waals surface area contributed by atoms with Crippen LogP contribution in [0.2, 0.25) is 0 Å². The molecule has 0 bridgehead atoms. The van der Waals surface area contributed by atoms with Gasteiger partial charge in [-0.15, -0.1) is 0 Å². The van der Waals surface area contributed by atoms with Gasteiger partial charge < -0.3 is 10.2 Å². The minimum atomic E-state index is 0.00252. The van der Waals surface area contributed by atoms with Gasteiger partial charge in [0.25, 0.3) is 0 Å². The van der Waals surface area contributed by atoms with Crippen LogP contribution < -0.4 is 5.73 Å². The van der Waals surface area contributed by atoms with Crippen LogP contribution >= 0.6 is 0 Å². The number of rotatable bonds is 2. The summed E-state index contributed by atoms with van der Waals surface area (Å²) in [6, 6.07) is 4.07. The quantitative estimate of drug-likeness (QED) is 0.784. The second-order valence-electron chi connectivity index (χ2n) is 4.61. The van der Waals surface area contributed by atoms with Crippen LogP contribution in [0, 0.1) is 6.92 Å². The van der Waals surface area contributed by atoms with E-state index in [0.717, 1.165) is 30.8 Å². The van der Waals surface area contributed by atoms with Gasteiger partial charge in [0.15, 0.2) is 0 Å². The zero-order chi connectivity index (χ0) is 10.0. The lowest BCUT2D eigenvalue weighted by Crippen LogP contribution is -2.43. The third-order valence-electron chi connectivity index (χ3n) is 3.17. The van der Waals surface area contributed by atoms with Crippen molar-refractivity contribution in [3.63, 3.8) is 0 Å². The van der Waals surface area contributed by atoms with Crippen LogP contribution in [-0.4, -0.2) is 5.54 Å². The Balaban J connectivity index is 2.01. The highest BCUT2D eigenvalue weighted by molar-refractivity contribution is 5.09. The van der Waals surface area contributed by atoms with E-state index in [4.69, 9.17) is 10.2 Å². The highest BCUT2D eigenvalue weighted by Crippen LogP contribution is 2.29. The van der Waals surface area contributed by atoms with Gasteiger partial charge in [-0.2, -0.15) is 0 Å². The van der Waals surface area contributed by atoms with Crippen molar-refractivity contribution in [2.24, 2.45) is 5.73 Å². The highest BCUT2D eigenvalue weighted by Gasteiger charge is 2.28. The second kappa shape index (κ2) is 3.77. The average molecular weight is 193 g/mol. The molecule has 1 aliphatic carbocycles. The summed E-state index contributed by atoms with van der Waals surface area (Å²) < 4.78 is 5.57. The Hall–Kier alpha value is -0.760. The fourth-order valence-electron chi connectivity index (χ4n) is 2.36. The maximum absolute atomic E-state index is 6.34. The lowest BCUT2D eigenvalue weighted by molar-refractivity contribution is 0.276. The summed E-state index contributed by atoms with van der Waals surface area (Å²) >= 11 is 0. The molecule has 0 spiro atoms. The molecule has 0 amide bonds. The van der Waals surface area contributed by atoms with Crippen LogP contribution in [0.3, 0.4) is 0 Å². The van der Waals surface area contributed by atoms with Crippen LogP contribution in [0.15, 0.2) is 16.5 Å². The van der Waals surface area contributed by atoms with Crippen LogP contribution in [0.4, 0.5) is 0 Å². The van der Waals surface area contributed by atoms with Gasteiger partial charge in [0, 0.05) is 12.0 Å². The van der Waals surface area contributed by atoms with Crippen molar-refractivity contribution in [2.45, 2.75) is 51.0 Å². The summed E-state index contributed by atoms with van der Waals surface area (Å²) in [5.74, 6) is 2.03. The molecular formula is C12H19NO. The van der Waals surface area contributed by atoms with Gasteiger partial charge in [-0.1, -0.05) is 19.3 Å². The summed E-state index contributed by atoms with van der Waals surface area (Å²) in [5, 5.41) is 0. The highest BCUT2D eigenvalue weighted by atomic mass is 16.3. The molecule has 2 nitrogen and oxygen atoms in total. The molecule has 0 atom stereocenters. The van der Waals surface area contributed by atoms with Crippen LogP contribution in [0.5, 0.6) is 0 Å². The average Bonchev–Trinajstić information content (AvgIpc) is 2.51. The van der Waals surface area contributed by atoms with E-state index in [0.29, 0.717) is 0 Å². The molecule has 0 saturated heterocycles. The fraction of sp³-hybridized carbons (Fsp3) is 0.667. The maximum atomic E-state index is 6.34. The van der Waals surface area contributed by atoms with E-state index >= 15 is 0 Å². The first-order valence-corrected chi connectivity index (χ1v) is 5.52. The molecule has 1 fully saturated rings. The van der Waals surface area contributed by atoms with Gasteiger partial charge >= 0.3 is 0 Å². The van der Waals surface area contributed by atoms with Gasteiger partial charge in [-0.05, 0) is 31.9 Å². The Bertz CT molecular complexity index is 297. The number of nitrogens with two attached hydrogens (primary N) is 1. The van der Waals surface area contributed by atoms with Gasteiger partial charge in [0.05, 0.1) is 0 Å². The smallest absolute Gasteiger partial charge is 0.105 e. The topological polar surface area (TPSA) is 39.2 Å². The van der Waals surface area contributed by atoms with Crippen molar-refractivity contribution in [1.29, 1.82) is 0 Å². The molecule has 1 aromatic rings. The van der Waals surface area contributed by atoms with E-state index in [-0.39, 0.29) is 5.54 Å². The van der Waals surface area contributed by atoms with Crippen molar-refractivity contribution in [3.05, 3.63) is 23.7 Å². The molecule has 14 heavy (non-hydrogen) atoms. The molecule has 0 aliphatic heterocycles. The molecule has 1 saturated carbocycles. The van der Waals surface area contributed by atoms with Crippen molar-refractivity contribution < 1.29 is 4.42 Å². The van der Waals surface area contributed by atoms with Crippen molar-refractivity contribution in [3.8, 4) is 0 Å². The van der Waals surface area contributed by atoms with E-state index in [1.165, 1.54) is 19.3 Å². The Morgan fingerprint density at radius 3 is 2.57 bits per heavy atom. The van der Waals surface area contributed by atoms with E-state index in [9.17, 15) is 0 Å². The van der Waals surface area contributed by atoms with Gasteiger partial charge in [-0.25, -0.2) is 0 Å². The maximum Gasteiger partial charge on any atom is 0.105 e. The van der Waals surface area contributed by atoms with E-state index in [2.05, 4.69) is 6.07 Å². The van der Waals surface area contributed by atoms with Crippen molar-refractivity contribution >= 4 is 0 Å². The number of aryl methyl sites for hydroxylation is 1. The molecule has 1 aromatic heterocycles. The predicted octanol–water partition coefficient (Wildman–Crippen LogP) is 2.79. The van der Waals surface area contributed by atoms with Crippen LogP contribution in [-0.2, 0) is 6.42 Å². The molecule has 0 unspecified atom stereocenters. The van der Waals surface area contributed by atoms with Gasteiger partial charge in [0.2, 0.25) is 0 Å². The normalized spacial score (nSPS) is 21.0. The minimum absolute atomic E-state index is 0.00252. The second-order valence-corrected chi connectivity index (χ2v) is 4.61. The van der Waals surface area contributed by atoms with E-state index in [1.54, 1.807) is 0 Å². The predicted molar refractivity (Wildman–Crippen MR) is 57.2 cm³/mol. The molecular weight excluding hydrogens is 174 g/mol. The largest absolute Gasteiger partial charge is 0.466 e. The summed E-state index contributed by atoms with van der Waals surface area (Å²) in [4.78, 5) is 0. The van der Waals surface area contributed by atoms with Crippen LogP contribution in [0.1, 0.15) is 43.6 Å². The lowest BCUT2D eigenvalue weighted by Gasteiger charge is -2.32. The molecule has 1 aliphatic rings. The monoisotopic (exact) mass is 193 g/mol. The molecule has 78 valence electrons. The summed E-state index contributed by atoms with van der Waals surface area (Å²) in [6.07, 6.45) is 7.09. The van der Waals surface area contributed by atoms with E-state index < -0.39 is 0 Å². The zero-order valence-electron chi connectivity index (χ0n) is 8.88.